The summed E-state index contributed by atoms with van der Waals surface area (Å²) in [4.78, 5) is 20.1. The Bertz CT molecular complexity index is 818. The van der Waals surface area contributed by atoms with E-state index in [1.807, 2.05) is 30.3 Å². The number of hydrogen-bond donors (Lipinski definition) is 2. The van der Waals surface area contributed by atoms with Crippen LogP contribution >= 0.6 is 11.3 Å². The van der Waals surface area contributed by atoms with Crippen LogP contribution in [0.5, 0.6) is 0 Å². The van der Waals surface area contributed by atoms with Gasteiger partial charge in [0.05, 0.1) is 12.1 Å². The molecular formula is C15H13F2N5OS. The molecule has 2 aromatic heterocycles. The number of alkyl halides is 2. The summed E-state index contributed by atoms with van der Waals surface area (Å²) in [6.45, 7) is -2.80. The number of hydrogen-bond acceptors (Lipinski definition) is 4. The first-order valence-electron chi connectivity index (χ1n) is 6.99. The number of aromatic nitrogens is 3. The molecule has 3 rings (SSSR count). The Hall–Kier alpha value is -2.81. The van der Waals surface area contributed by atoms with E-state index in [1.54, 1.807) is 5.51 Å². The van der Waals surface area contributed by atoms with Crippen LogP contribution in [0, 0.1) is 0 Å². The Kier molecular flexibility index (Phi) is 4.80. The fourth-order valence-corrected chi connectivity index (χ4v) is 2.80. The smallest absolute Gasteiger partial charge is 0.320 e. The van der Waals surface area contributed by atoms with Crippen LogP contribution in [0.4, 0.5) is 18.6 Å². The highest BCUT2D eigenvalue weighted by Crippen LogP contribution is 2.30. The third-order valence-electron chi connectivity index (χ3n) is 3.21. The number of nitrogens with one attached hydrogen (secondary N) is 2. The zero-order valence-electron chi connectivity index (χ0n) is 12.3. The summed E-state index contributed by atoms with van der Waals surface area (Å²) in [5.41, 5.74) is 3.16. The molecule has 0 aliphatic carbocycles. The molecule has 124 valence electrons. The largest absolute Gasteiger partial charge is 0.331 e. The zero-order chi connectivity index (χ0) is 16.9. The van der Waals surface area contributed by atoms with Crippen LogP contribution in [0.1, 0.15) is 12.4 Å². The summed E-state index contributed by atoms with van der Waals surface area (Å²) < 4.78 is 26.1. The highest BCUT2D eigenvalue weighted by Gasteiger charge is 2.14. The Morgan fingerprint density at radius 1 is 1.25 bits per heavy atom. The van der Waals surface area contributed by atoms with Gasteiger partial charge in [0.25, 0.3) is 0 Å². The molecule has 0 spiro atoms. The fraction of sp³-hybridized carbons (Fsp3) is 0.133. The van der Waals surface area contributed by atoms with Crippen LogP contribution in [0.25, 0.3) is 11.3 Å². The predicted octanol–water partition coefficient (Wildman–Crippen LogP) is 3.72. The van der Waals surface area contributed by atoms with Gasteiger partial charge in [0, 0.05) is 18.0 Å². The van der Waals surface area contributed by atoms with E-state index in [9.17, 15) is 13.6 Å². The average molecular weight is 349 g/mol. The van der Waals surface area contributed by atoms with Gasteiger partial charge in [-0.3, -0.25) is 9.88 Å². The van der Waals surface area contributed by atoms with Crippen LogP contribution in [-0.2, 0) is 6.54 Å². The van der Waals surface area contributed by atoms with Gasteiger partial charge in [-0.15, -0.1) is 11.3 Å². The number of anilines is 1. The van der Waals surface area contributed by atoms with Crippen molar-refractivity contribution in [2.45, 2.75) is 13.1 Å². The number of carbonyl (C=O) groups excluding carboxylic acids is 1. The molecule has 2 heterocycles. The average Bonchev–Trinajstić information content (AvgIpc) is 3.22. The van der Waals surface area contributed by atoms with Gasteiger partial charge in [0.1, 0.15) is 16.5 Å². The molecule has 0 unspecified atom stereocenters. The normalized spacial score (nSPS) is 10.8. The number of nitrogens with zero attached hydrogens (tertiary/aromatic N) is 3. The minimum atomic E-state index is -2.70. The first kappa shape index (κ1) is 16.1. The van der Waals surface area contributed by atoms with Gasteiger partial charge in [-0.25, -0.2) is 14.8 Å². The first-order chi connectivity index (χ1) is 11.6. The molecule has 0 aliphatic rings. The number of thiazole rings is 1. The number of rotatable bonds is 5. The van der Waals surface area contributed by atoms with Gasteiger partial charge >= 0.3 is 12.6 Å². The van der Waals surface area contributed by atoms with Gasteiger partial charge in [-0.05, 0) is 0 Å². The zero-order valence-corrected chi connectivity index (χ0v) is 13.1. The Morgan fingerprint density at radius 2 is 2.04 bits per heavy atom. The van der Waals surface area contributed by atoms with Gasteiger partial charge in [-0.2, -0.15) is 8.78 Å². The van der Waals surface area contributed by atoms with Crippen molar-refractivity contribution in [3.05, 3.63) is 54.1 Å². The van der Waals surface area contributed by atoms with Crippen molar-refractivity contribution in [3.63, 3.8) is 0 Å². The minimum absolute atomic E-state index is 0.0766. The second-order valence-corrected chi connectivity index (χ2v) is 5.59. The topological polar surface area (TPSA) is 71.8 Å². The van der Waals surface area contributed by atoms with Gasteiger partial charge in [0.15, 0.2) is 0 Å². The number of imidazole rings is 1. The molecular weight excluding hydrogens is 336 g/mol. The number of amides is 2. The summed E-state index contributed by atoms with van der Waals surface area (Å²) in [5, 5.41) is 5.77. The lowest BCUT2D eigenvalue weighted by molar-refractivity contribution is 0.0667. The molecule has 0 saturated carbocycles. The molecule has 0 aliphatic heterocycles. The molecule has 3 aromatic rings. The summed E-state index contributed by atoms with van der Waals surface area (Å²) in [7, 11) is 0. The maximum absolute atomic E-state index is 12.7. The maximum Gasteiger partial charge on any atom is 0.320 e. The molecule has 0 saturated heterocycles. The van der Waals surface area contributed by atoms with E-state index < -0.39 is 12.6 Å². The van der Waals surface area contributed by atoms with Crippen molar-refractivity contribution in [2.24, 2.45) is 0 Å². The van der Waals surface area contributed by atoms with Gasteiger partial charge in [-0.1, -0.05) is 30.3 Å². The number of halogens is 2. The highest BCUT2D eigenvalue weighted by atomic mass is 32.1. The molecule has 9 heteroatoms. The van der Waals surface area contributed by atoms with Crippen LogP contribution in [0.3, 0.4) is 0 Å². The fourth-order valence-electron chi connectivity index (χ4n) is 2.10. The second-order valence-electron chi connectivity index (χ2n) is 4.73. The summed E-state index contributed by atoms with van der Waals surface area (Å²) >= 11 is 1.28. The van der Waals surface area contributed by atoms with E-state index in [0.29, 0.717) is 15.3 Å². The van der Waals surface area contributed by atoms with Gasteiger partial charge in [0.2, 0.25) is 0 Å². The Labute approximate surface area is 140 Å². The van der Waals surface area contributed by atoms with Crippen molar-refractivity contribution >= 4 is 22.4 Å². The lowest BCUT2D eigenvalue weighted by atomic mass is 10.2. The molecule has 2 amide bonds. The summed E-state index contributed by atoms with van der Waals surface area (Å²) in [6, 6.07) is 8.90. The van der Waals surface area contributed by atoms with E-state index in [2.05, 4.69) is 20.6 Å². The second kappa shape index (κ2) is 7.18. The van der Waals surface area contributed by atoms with Crippen LogP contribution in [-0.4, -0.2) is 20.6 Å². The van der Waals surface area contributed by atoms with Crippen LogP contribution in [0.15, 0.2) is 48.2 Å². The third kappa shape index (κ3) is 3.57. The van der Waals surface area contributed by atoms with E-state index in [-0.39, 0.29) is 12.4 Å². The number of carbonyl (C=O) groups is 1. The lowest BCUT2D eigenvalue weighted by Crippen LogP contribution is -2.29. The molecule has 0 radical (unpaired) electrons. The Balaban J connectivity index is 1.64. The molecule has 1 aromatic carbocycles. The lowest BCUT2D eigenvalue weighted by Gasteiger charge is -2.09. The molecule has 0 bridgehead atoms. The predicted molar refractivity (Wildman–Crippen MR) is 86.9 cm³/mol. The number of benzene rings is 1. The molecule has 0 atom stereocenters. The van der Waals surface area contributed by atoms with Crippen molar-refractivity contribution < 1.29 is 13.6 Å². The van der Waals surface area contributed by atoms with E-state index >= 15 is 0 Å². The monoisotopic (exact) mass is 349 g/mol. The van der Waals surface area contributed by atoms with Gasteiger partial charge < -0.3 is 5.32 Å². The maximum atomic E-state index is 12.7. The molecule has 24 heavy (non-hydrogen) atoms. The number of urea groups is 1. The summed E-state index contributed by atoms with van der Waals surface area (Å²) in [6.07, 6.45) is 2.42. The van der Waals surface area contributed by atoms with Crippen molar-refractivity contribution in [1.29, 1.82) is 0 Å². The molecule has 6 nitrogen and oxygen atoms in total. The van der Waals surface area contributed by atoms with E-state index in [4.69, 9.17) is 0 Å². The van der Waals surface area contributed by atoms with Crippen LogP contribution in [0.2, 0.25) is 0 Å². The highest BCUT2D eigenvalue weighted by molar-refractivity contribution is 7.14. The first-order valence-corrected chi connectivity index (χ1v) is 7.86. The SMILES string of the molecule is O=C(NCc1nccn1C(F)F)Nc1scnc1-c1ccccc1. The molecule has 0 fully saturated rings. The van der Waals surface area contributed by atoms with Crippen molar-refractivity contribution in [3.8, 4) is 11.3 Å². The minimum Gasteiger partial charge on any atom is -0.331 e. The Morgan fingerprint density at radius 3 is 2.79 bits per heavy atom. The van der Waals surface area contributed by atoms with Crippen molar-refractivity contribution in [1.82, 2.24) is 19.9 Å². The quantitative estimate of drug-likeness (QED) is 0.737. The standard InChI is InChI=1S/C15H13F2N5OS/c16-14(17)22-7-6-18-11(22)8-19-15(23)21-13-12(20-9-24-13)10-4-2-1-3-5-10/h1-7,9,14H,8H2,(H2,19,21,23). The third-order valence-corrected chi connectivity index (χ3v) is 3.95. The van der Waals surface area contributed by atoms with Crippen LogP contribution < -0.4 is 10.6 Å². The molecule has 2 N–H and O–H groups in total. The summed E-state index contributed by atoms with van der Waals surface area (Å²) in [5.74, 6) is 0.0766. The van der Waals surface area contributed by atoms with E-state index in [1.165, 1.54) is 17.5 Å². The van der Waals surface area contributed by atoms with Crippen molar-refractivity contribution in [2.75, 3.05) is 5.32 Å². The van der Waals surface area contributed by atoms with E-state index in [0.717, 1.165) is 11.8 Å².